The fourth-order valence-corrected chi connectivity index (χ4v) is 1.93. The molecule has 7 heteroatoms. The zero-order valence-electron chi connectivity index (χ0n) is 9.25. The van der Waals surface area contributed by atoms with Crippen LogP contribution in [0.4, 0.5) is 0 Å². The lowest BCUT2D eigenvalue weighted by Crippen LogP contribution is -2.61. The van der Waals surface area contributed by atoms with Gasteiger partial charge in [-0.15, -0.1) is 0 Å². The first-order chi connectivity index (χ1) is 7.82. The van der Waals surface area contributed by atoms with E-state index in [2.05, 4.69) is 4.98 Å². The van der Waals surface area contributed by atoms with E-state index in [9.17, 15) is 19.8 Å². The Labute approximate surface area is 96.0 Å². The summed E-state index contributed by atoms with van der Waals surface area (Å²) in [5.74, 6) is -2.79. The second-order valence-corrected chi connectivity index (χ2v) is 4.46. The molecular weight excluding hydrogens is 228 g/mol. The van der Waals surface area contributed by atoms with Crippen LogP contribution in [-0.2, 0) is 6.54 Å². The molecule has 2 atom stereocenters. The van der Waals surface area contributed by atoms with Crippen LogP contribution in [0.15, 0.2) is 15.8 Å². The van der Waals surface area contributed by atoms with Gasteiger partial charge in [-0.25, -0.2) is 4.79 Å². The lowest BCUT2D eigenvalue weighted by Gasteiger charge is -2.45. The SMILES string of the molecule is Cc1cn(C[C@@H]2C[C@H](O)C2(O)O)c(=O)[nH]c1=O. The highest BCUT2D eigenvalue weighted by molar-refractivity contribution is 5.02. The van der Waals surface area contributed by atoms with E-state index in [1.54, 1.807) is 6.92 Å². The number of hydrogen-bond donors (Lipinski definition) is 4. The minimum atomic E-state index is -2.16. The Hall–Kier alpha value is -1.44. The fourth-order valence-electron chi connectivity index (χ4n) is 1.93. The van der Waals surface area contributed by atoms with Crippen LogP contribution < -0.4 is 11.2 Å². The number of H-pyrrole nitrogens is 1. The summed E-state index contributed by atoms with van der Waals surface area (Å²) in [6, 6.07) is 0. The van der Waals surface area contributed by atoms with Crippen molar-refractivity contribution in [1.29, 1.82) is 0 Å². The van der Waals surface area contributed by atoms with Crippen molar-refractivity contribution < 1.29 is 15.3 Å². The van der Waals surface area contributed by atoms with E-state index in [0.717, 1.165) is 0 Å². The zero-order valence-corrected chi connectivity index (χ0v) is 9.25. The molecule has 0 aliphatic heterocycles. The van der Waals surface area contributed by atoms with E-state index >= 15 is 0 Å². The molecule has 1 saturated carbocycles. The minimum Gasteiger partial charge on any atom is -0.387 e. The van der Waals surface area contributed by atoms with E-state index in [4.69, 9.17) is 5.11 Å². The molecule has 2 rings (SSSR count). The number of nitrogens with one attached hydrogen (secondary N) is 1. The van der Waals surface area contributed by atoms with Crippen molar-refractivity contribution in [2.45, 2.75) is 31.8 Å². The van der Waals surface area contributed by atoms with Crippen LogP contribution >= 0.6 is 0 Å². The molecule has 7 nitrogen and oxygen atoms in total. The lowest BCUT2D eigenvalue weighted by molar-refractivity contribution is -0.318. The molecule has 0 bridgehead atoms. The van der Waals surface area contributed by atoms with Crippen LogP contribution in [0.2, 0.25) is 0 Å². The topological polar surface area (TPSA) is 116 Å². The molecule has 1 heterocycles. The van der Waals surface area contributed by atoms with Gasteiger partial charge in [0.15, 0.2) is 5.79 Å². The number of aliphatic hydroxyl groups excluding tert-OH is 1. The molecule has 0 amide bonds. The summed E-state index contributed by atoms with van der Waals surface area (Å²) in [7, 11) is 0. The monoisotopic (exact) mass is 242 g/mol. The first kappa shape index (κ1) is 12.0. The zero-order chi connectivity index (χ0) is 12.8. The van der Waals surface area contributed by atoms with E-state index in [1.807, 2.05) is 0 Å². The fraction of sp³-hybridized carbons (Fsp3) is 0.600. The lowest BCUT2D eigenvalue weighted by atomic mass is 9.75. The molecule has 17 heavy (non-hydrogen) atoms. The van der Waals surface area contributed by atoms with Gasteiger partial charge in [0, 0.05) is 24.2 Å². The summed E-state index contributed by atoms with van der Waals surface area (Å²) in [6.45, 7) is 1.59. The van der Waals surface area contributed by atoms with Crippen LogP contribution in [0, 0.1) is 12.8 Å². The first-order valence-corrected chi connectivity index (χ1v) is 5.25. The van der Waals surface area contributed by atoms with Gasteiger partial charge in [0.25, 0.3) is 5.56 Å². The molecule has 0 radical (unpaired) electrons. The molecule has 0 saturated heterocycles. The van der Waals surface area contributed by atoms with Gasteiger partial charge >= 0.3 is 5.69 Å². The maximum Gasteiger partial charge on any atom is 0.328 e. The van der Waals surface area contributed by atoms with Crippen molar-refractivity contribution in [1.82, 2.24) is 9.55 Å². The summed E-state index contributed by atoms with van der Waals surface area (Å²) >= 11 is 0. The van der Waals surface area contributed by atoms with Gasteiger partial charge in [-0.05, 0) is 13.3 Å². The van der Waals surface area contributed by atoms with Gasteiger partial charge < -0.3 is 15.3 Å². The summed E-state index contributed by atoms with van der Waals surface area (Å²) < 4.78 is 1.20. The third kappa shape index (κ3) is 1.92. The molecule has 0 spiro atoms. The van der Waals surface area contributed by atoms with Gasteiger partial charge in [-0.3, -0.25) is 14.3 Å². The van der Waals surface area contributed by atoms with Gasteiger partial charge in [-0.1, -0.05) is 0 Å². The van der Waals surface area contributed by atoms with Crippen LogP contribution in [0.25, 0.3) is 0 Å². The van der Waals surface area contributed by atoms with Gasteiger partial charge in [0.2, 0.25) is 0 Å². The molecule has 1 aliphatic carbocycles. The number of aromatic amines is 1. The van der Waals surface area contributed by atoms with Gasteiger partial charge in [0.05, 0.1) is 0 Å². The van der Waals surface area contributed by atoms with Crippen LogP contribution in [0.5, 0.6) is 0 Å². The van der Waals surface area contributed by atoms with Crippen molar-refractivity contribution in [2.75, 3.05) is 0 Å². The highest BCUT2D eigenvalue weighted by Crippen LogP contribution is 2.37. The predicted octanol–water partition coefficient (Wildman–Crippen LogP) is -2.09. The van der Waals surface area contributed by atoms with Crippen molar-refractivity contribution in [3.63, 3.8) is 0 Å². The number of aromatic nitrogens is 2. The number of aryl methyl sites for hydroxylation is 1. The maximum atomic E-state index is 11.4. The van der Waals surface area contributed by atoms with E-state index < -0.39 is 29.1 Å². The quantitative estimate of drug-likeness (QED) is 0.444. The van der Waals surface area contributed by atoms with E-state index in [-0.39, 0.29) is 13.0 Å². The predicted molar refractivity (Wildman–Crippen MR) is 57.3 cm³/mol. The van der Waals surface area contributed by atoms with Crippen molar-refractivity contribution in [3.05, 3.63) is 32.6 Å². The largest absolute Gasteiger partial charge is 0.387 e. The Morgan fingerprint density at radius 1 is 1.53 bits per heavy atom. The number of hydrogen-bond acceptors (Lipinski definition) is 5. The Bertz CT molecular complexity index is 544. The van der Waals surface area contributed by atoms with E-state index in [1.165, 1.54) is 10.8 Å². The minimum absolute atomic E-state index is 0.0422. The Morgan fingerprint density at radius 2 is 2.18 bits per heavy atom. The summed E-state index contributed by atoms with van der Waals surface area (Å²) in [5, 5.41) is 28.0. The molecule has 0 aromatic carbocycles. The highest BCUT2D eigenvalue weighted by Gasteiger charge is 2.52. The van der Waals surface area contributed by atoms with Gasteiger partial charge in [0.1, 0.15) is 6.10 Å². The second kappa shape index (κ2) is 3.80. The normalized spacial score (nSPS) is 26.6. The molecule has 94 valence electrons. The third-order valence-corrected chi connectivity index (χ3v) is 3.21. The average Bonchev–Trinajstić information content (AvgIpc) is 2.25. The van der Waals surface area contributed by atoms with Crippen LogP contribution in [0.1, 0.15) is 12.0 Å². The molecule has 4 N–H and O–H groups in total. The smallest absolute Gasteiger partial charge is 0.328 e. The number of nitrogens with zero attached hydrogens (tertiary/aromatic N) is 1. The Balaban J connectivity index is 2.24. The molecule has 1 aromatic rings. The summed E-state index contributed by atoms with van der Waals surface area (Å²) in [5.41, 5.74) is -0.692. The molecule has 1 fully saturated rings. The second-order valence-electron chi connectivity index (χ2n) is 4.46. The van der Waals surface area contributed by atoms with Gasteiger partial charge in [-0.2, -0.15) is 0 Å². The third-order valence-electron chi connectivity index (χ3n) is 3.21. The summed E-state index contributed by atoms with van der Waals surface area (Å²) in [4.78, 5) is 24.7. The standard InChI is InChI=1S/C10H14N2O5/c1-5-3-12(9(15)11-8(5)14)4-6-2-7(13)10(6,16)17/h3,6-7,13,16-17H,2,4H2,1H3,(H,11,14,15)/t6-,7-/m0/s1. The maximum absolute atomic E-state index is 11.4. The molecular formula is C10H14N2O5. The van der Waals surface area contributed by atoms with Crippen LogP contribution in [-0.4, -0.2) is 36.8 Å². The number of aliphatic hydroxyl groups is 3. The molecule has 1 aliphatic rings. The Morgan fingerprint density at radius 3 is 2.71 bits per heavy atom. The van der Waals surface area contributed by atoms with Crippen molar-refractivity contribution >= 4 is 0 Å². The molecule has 0 unspecified atom stereocenters. The van der Waals surface area contributed by atoms with Crippen LogP contribution in [0.3, 0.4) is 0 Å². The number of rotatable bonds is 2. The highest BCUT2D eigenvalue weighted by atomic mass is 16.5. The average molecular weight is 242 g/mol. The van der Waals surface area contributed by atoms with Crippen molar-refractivity contribution in [3.8, 4) is 0 Å². The molecule has 1 aromatic heterocycles. The Kier molecular flexibility index (Phi) is 2.69. The van der Waals surface area contributed by atoms with E-state index in [0.29, 0.717) is 5.56 Å². The first-order valence-electron chi connectivity index (χ1n) is 5.25. The van der Waals surface area contributed by atoms with Crippen molar-refractivity contribution in [2.24, 2.45) is 5.92 Å². The summed E-state index contributed by atoms with van der Waals surface area (Å²) in [6.07, 6.45) is 0.381.